The Morgan fingerprint density at radius 2 is 2.32 bits per heavy atom. The van der Waals surface area contributed by atoms with Gasteiger partial charge in [0.2, 0.25) is 0 Å². The Labute approximate surface area is 128 Å². The molecule has 1 saturated heterocycles. The van der Waals surface area contributed by atoms with Gasteiger partial charge in [0.15, 0.2) is 0 Å². The van der Waals surface area contributed by atoms with E-state index in [-0.39, 0.29) is 11.6 Å². The van der Waals surface area contributed by atoms with Crippen LogP contribution in [0, 0.1) is 6.92 Å². The second kappa shape index (κ2) is 4.99. The minimum absolute atomic E-state index is 0.179. The zero-order chi connectivity index (χ0) is 15.3. The summed E-state index contributed by atoms with van der Waals surface area (Å²) in [5.41, 5.74) is 2.37. The molecule has 0 unspecified atom stereocenters. The molecule has 3 aromatic rings. The third kappa shape index (κ3) is 2.15. The Bertz CT molecular complexity index is 898. The van der Waals surface area contributed by atoms with Crippen LogP contribution >= 0.6 is 11.3 Å². The number of hydrogen-bond donors (Lipinski definition) is 3. The van der Waals surface area contributed by atoms with Crippen LogP contribution in [0.2, 0.25) is 0 Å². The highest BCUT2D eigenvalue weighted by molar-refractivity contribution is 7.22. The first-order valence-electron chi connectivity index (χ1n) is 7.03. The summed E-state index contributed by atoms with van der Waals surface area (Å²) >= 11 is 1.39. The number of hydrogen-bond acceptors (Lipinski definition) is 5. The molecular formula is C14H14FN5OS. The lowest BCUT2D eigenvalue weighted by atomic mass is 10.2. The summed E-state index contributed by atoms with van der Waals surface area (Å²) < 4.78 is 13.9. The maximum absolute atomic E-state index is 13.3. The zero-order valence-electron chi connectivity index (χ0n) is 11.8. The first kappa shape index (κ1) is 13.6. The number of alkyl halides is 1. The second-order valence-electron chi connectivity index (χ2n) is 5.48. The molecule has 0 amide bonds. The number of fused-ring (bicyclic) bond motifs is 1. The summed E-state index contributed by atoms with van der Waals surface area (Å²) in [5.74, 6) is 0.505. The van der Waals surface area contributed by atoms with Crippen molar-refractivity contribution in [3.05, 3.63) is 34.1 Å². The van der Waals surface area contributed by atoms with E-state index < -0.39 is 6.17 Å². The zero-order valence-corrected chi connectivity index (χ0v) is 12.6. The molecule has 0 bridgehead atoms. The number of halogens is 1. The van der Waals surface area contributed by atoms with Crippen molar-refractivity contribution in [1.29, 1.82) is 0 Å². The van der Waals surface area contributed by atoms with E-state index in [4.69, 9.17) is 0 Å². The molecule has 114 valence electrons. The molecule has 4 rings (SSSR count). The number of nitrogens with zero attached hydrogens (tertiary/aromatic N) is 2. The number of H-pyrrole nitrogens is 2. The van der Waals surface area contributed by atoms with Gasteiger partial charge in [-0.1, -0.05) is 0 Å². The molecular weight excluding hydrogens is 305 g/mol. The van der Waals surface area contributed by atoms with Gasteiger partial charge >= 0.3 is 0 Å². The van der Waals surface area contributed by atoms with Gasteiger partial charge in [-0.25, -0.2) is 9.37 Å². The molecule has 3 N–H and O–H groups in total. The molecule has 0 radical (unpaired) electrons. The second-order valence-corrected chi connectivity index (χ2v) is 6.53. The standard InChI is InChI=1S/C14H14FN5OS/c1-6-8(5-17-20-6)11-3-9-12(22-11)14(21)19-13(18-9)10-2-7(15)4-16-10/h3,5,7,10,16H,2,4H2,1H3,(H,17,20)(H,18,19,21)/t7-,10-/m0/s1. The predicted molar refractivity (Wildman–Crippen MR) is 82.8 cm³/mol. The van der Waals surface area contributed by atoms with Gasteiger partial charge < -0.3 is 10.3 Å². The summed E-state index contributed by atoms with van der Waals surface area (Å²) in [7, 11) is 0. The molecule has 0 saturated carbocycles. The first-order chi connectivity index (χ1) is 10.6. The van der Waals surface area contributed by atoms with Crippen LogP contribution in [0.5, 0.6) is 0 Å². The average Bonchev–Trinajstić information content (AvgIpc) is 3.17. The molecule has 3 aromatic heterocycles. The Balaban J connectivity index is 1.81. The fourth-order valence-corrected chi connectivity index (χ4v) is 3.81. The summed E-state index contributed by atoms with van der Waals surface area (Å²) in [6, 6.07) is 1.66. The molecule has 0 aliphatic carbocycles. The van der Waals surface area contributed by atoms with Gasteiger partial charge in [-0.05, 0) is 13.0 Å². The van der Waals surface area contributed by atoms with Crippen molar-refractivity contribution in [2.75, 3.05) is 6.54 Å². The fourth-order valence-electron chi connectivity index (χ4n) is 2.76. The van der Waals surface area contributed by atoms with Crippen LogP contribution in [0.1, 0.15) is 24.0 Å². The van der Waals surface area contributed by atoms with Crippen LogP contribution < -0.4 is 10.9 Å². The summed E-state index contributed by atoms with van der Waals surface area (Å²) in [6.45, 7) is 2.23. The number of nitrogens with one attached hydrogen (secondary N) is 3. The Hall–Kier alpha value is -2.06. The minimum atomic E-state index is -0.891. The van der Waals surface area contributed by atoms with Crippen LogP contribution in [0.25, 0.3) is 20.7 Å². The molecule has 0 aromatic carbocycles. The van der Waals surface area contributed by atoms with Gasteiger partial charge in [0.05, 0.1) is 17.8 Å². The summed E-state index contributed by atoms with van der Waals surface area (Å²) in [4.78, 5) is 20.5. The lowest BCUT2D eigenvalue weighted by molar-refractivity contribution is 0.355. The number of thiophene rings is 1. The van der Waals surface area contributed by atoms with E-state index in [0.717, 1.165) is 16.1 Å². The van der Waals surface area contributed by atoms with E-state index >= 15 is 0 Å². The van der Waals surface area contributed by atoms with Crippen molar-refractivity contribution in [1.82, 2.24) is 25.5 Å². The van der Waals surface area contributed by atoms with Crippen LogP contribution in [-0.4, -0.2) is 32.9 Å². The lowest BCUT2D eigenvalue weighted by Gasteiger charge is -2.08. The smallest absolute Gasteiger partial charge is 0.268 e. The van der Waals surface area contributed by atoms with Crippen LogP contribution in [-0.2, 0) is 0 Å². The minimum Gasteiger partial charge on any atom is -0.308 e. The van der Waals surface area contributed by atoms with E-state index in [1.165, 1.54) is 11.3 Å². The van der Waals surface area contributed by atoms with Crippen LogP contribution in [0.4, 0.5) is 4.39 Å². The quantitative estimate of drug-likeness (QED) is 0.675. The lowest BCUT2D eigenvalue weighted by Crippen LogP contribution is -2.20. The van der Waals surface area contributed by atoms with Crippen LogP contribution in [0.15, 0.2) is 17.1 Å². The molecule has 1 aliphatic heterocycles. The number of rotatable bonds is 2. The molecule has 1 aliphatic rings. The maximum atomic E-state index is 13.3. The van der Waals surface area contributed by atoms with E-state index in [1.807, 2.05) is 13.0 Å². The Morgan fingerprint density at radius 1 is 1.45 bits per heavy atom. The van der Waals surface area contributed by atoms with Gasteiger partial charge in [0, 0.05) is 29.1 Å². The van der Waals surface area contributed by atoms with E-state index in [2.05, 4.69) is 25.5 Å². The highest BCUT2D eigenvalue weighted by atomic mass is 32.1. The SMILES string of the molecule is Cc1[nH]ncc1-c1cc2nc([C@@H]3C[C@H](F)CN3)[nH]c(=O)c2s1. The topological polar surface area (TPSA) is 86.5 Å². The van der Waals surface area contributed by atoms with Crippen molar-refractivity contribution in [3.63, 3.8) is 0 Å². The molecule has 6 nitrogen and oxygen atoms in total. The maximum Gasteiger partial charge on any atom is 0.268 e. The monoisotopic (exact) mass is 319 g/mol. The van der Waals surface area contributed by atoms with Crippen LogP contribution in [0.3, 0.4) is 0 Å². The van der Waals surface area contributed by atoms with E-state index in [9.17, 15) is 9.18 Å². The molecule has 2 atom stereocenters. The predicted octanol–water partition coefficient (Wildman–Crippen LogP) is 2.06. The van der Waals surface area contributed by atoms with Crippen molar-refractivity contribution >= 4 is 21.6 Å². The van der Waals surface area contributed by atoms with Gasteiger partial charge in [-0.3, -0.25) is 9.89 Å². The Kier molecular flexibility index (Phi) is 3.08. The molecule has 8 heteroatoms. The number of aromatic nitrogens is 4. The molecule has 4 heterocycles. The number of aryl methyl sites for hydroxylation is 1. The molecule has 1 fully saturated rings. The van der Waals surface area contributed by atoms with E-state index in [1.54, 1.807) is 6.20 Å². The first-order valence-corrected chi connectivity index (χ1v) is 7.85. The largest absolute Gasteiger partial charge is 0.308 e. The van der Waals surface area contributed by atoms with Crippen molar-refractivity contribution in [2.45, 2.75) is 25.6 Å². The fraction of sp³-hybridized carbons (Fsp3) is 0.357. The average molecular weight is 319 g/mol. The van der Waals surface area contributed by atoms with Crippen molar-refractivity contribution in [3.8, 4) is 10.4 Å². The molecule has 22 heavy (non-hydrogen) atoms. The van der Waals surface area contributed by atoms with Gasteiger partial charge in [0.25, 0.3) is 5.56 Å². The van der Waals surface area contributed by atoms with E-state index in [0.29, 0.717) is 29.0 Å². The molecule has 0 spiro atoms. The van der Waals surface area contributed by atoms with Gasteiger partial charge in [-0.2, -0.15) is 5.10 Å². The van der Waals surface area contributed by atoms with Crippen molar-refractivity contribution in [2.24, 2.45) is 0 Å². The normalized spacial score (nSPS) is 21.7. The Morgan fingerprint density at radius 3 is 3.00 bits per heavy atom. The number of aromatic amines is 2. The third-order valence-corrected chi connectivity index (χ3v) is 5.06. The van der Waals surface area contributed by atoms with Gasteiger partial charge in [-0.15, -0.1) is 11.3 Å². The van der Waals surface area contributed by atoms with Gasteiger partial charge in [0.1, 0.15) is 16.7 Å². The van der Waals surface area contributed by atoms with Crippen molar-refractivity contribution < 1.29 is 4.39 Å². The third-order valence-electron chi connectivity index (χ3n) is 3.90. The summed E-state index contributed by atoms with van der Waals surface area (Å²) in [5, 5.41) is 9.93. The highest BCUT2D eigenvalue weighted by Crippen LogP contribution is 2.32. The highest BCUT2D eigenvalue weighted by Gasteiger charge is 2.27. The summed E-state index contributed by atoms with van der Waals surface area (Å²) in [6.07, 6.45) is 1.19.